The van der Waals surface area contributed by atoms with Gasteiger partial charge in [-0.15, -0.1) is 0 Å². The van der Waals surface area contributed by atoms with Crippen molar-refractivity contribution in [2.75, 3.05) is 6.61 Å². The van der Waals surface area contributed by atoms with Gasteiger partial charge in [0.2, 0.25) is 12.4 Å². The number of nitrogens with zero attached hydrogens (tertiary/aromatic N) is 1. The van der Waals surface area contributed by atoms with Crippen LogP contribution in [-0.2, 0) is 28.6 Å². The minimum absolute atomic E-state index is 0.178. The van der Waals surface area contributed by atoms with Crippen LogP contribution in [0.1, 0.15) is 39.5 Å². The Balaban J connectivity index is 2.06. The summed E-state index contributed by atoms with van der Waals surface area (Å²) in [6.45, 7) is 2.51. The average Bonchev–Trinajstić information content (AvgIpc) is 2.92. The molecule has 0 radical (unpaired) electrons. The van der Waals surface area contributed by atoms with Crippen LogP contribution in [0.5, 0.6) is 0 Å². The van der Waals surface area contributed by atoms with Crippen LogP contribution in [0.3, 0.4) is 0 Å². The fraction of sp³-hybridized carbons (Fsp3) is 0.765. The summed E-state index contributed by atoms with van der Waals surface area (Å²) in [5, 5.41) is 22.1. The highest BCUT2D eigenvalue weighted by Crippen LogP contribution is 2.29. The van der Waals surface area contributed by atoms with Crippen molar-refractivity contribution in [3.63, 3.8) is 0 Å². The zero-order valence-electron chi connectivity index (χ0n) is 16.1. The summed E-state index contributed by atoms with van der Waals surface area (Å²) >= 11 is 0. The largest absolute Gasteiger partial charge is 0.463 e. The number of nitrogens with one attached hydrogen (secondary N) is 1. The van der Waals surface area contributed by atoms with E-state index in [0.29, 0.717) is 11.3 Å². The van der Waals surface area contributed by atoms with Gasteiger partial charge in [-0.25, -0.2) is 9.18 Å². The lowest BCUT2D eigenvalue weighted by molar-refractivity contribution is -0.190. The Morgan fingerprint density at radius 2 is 1.93 bits per heavy atom. The van der Waals surface area contributed by atoms with Gasteiger partial charge in [-0.05, 0) is 6.42 Å². The molecule has 0 spiro atoms. The molecule has 6 atom stereocenters. The van der Waals surface area contributed by atoms with Crippen molar-refractivity contribution in [3.8, 4) is 0 Å². The number of esters is 2. The van der Waals surface area contributed by atoms with Crippen LogP contribution in [0.4, 0.5) is 9.18 Å². The first-order valence-electron chi connectivity index (χ1n) is 9.29. The summed E-state index contributed by atoms with van der Waals surface area (Å²) < 4.78 is 29.4. The van der Waals surface area contributed by atoms with E-state index in [9.17, 15) is 33.8 Å². The molecule has 0 aromatic heterocycles. The number of carbonyl (C=O) groups excluding carboxylic acids is 4. The van der Waals surface area contributed by atoms with Gasteiger partial charge in [-0.1, -0.05) is 19.8 Å². The van der Waals surface area contributed by atoms with E-state index in [1.54, 1.807) is 5.32 Å². The maximum atomic E-state index is 14.2. The average molecular weight is 420 g/mol. The van der Waals surface area contributed by atoms with Crippen molar-refractivity contribution in [2.24, 2.45) is 0 Å². The molecule has 2 heterocycles. The Morgan fingerprint density at radius 3 is 2.55 bits per heavy atom. The lowest BCUT2D eigenvalue weighted by atomic mass is 10.1. The number of aliphatic hydroxyl groups excluding tert-OH is 2. The number of aliphatic hydroxyl groups is 2. The van der Waals surface area contributed by atoms with E-state index in [-0.39, 0.29) is 6.42 Å². The molecular formula is C17H25FN2O9. The Labute approximate surface area is 166 Å². The van der Waals surface area contributed by atoms with Crippen molar-refractivity contribution >= 4 is 23.9 Å². The van der Waals surface area contributed by atoms with Crippen LogP contribution >= 0.6 is 0 Å². The molecule has 2 aliphatic heterocycles. The van der Waals surface area contributed by atoms with Gasteiger partial charge < -0.3 is 24.4 Å². The van der Waals surface area contributed by atoms with Crippen LogP contribution in [-0.4, -0.2) is 82.5 Å². The summed E-state index contributed by atoms with van der Waals surface area (Å²) in [5.41, 5.74) is 0. The van der Waals surface area contributed by atoms with Crippen molar-refractivity contribution in [3.05, 3.63) is 0 Å². The predicted octanol–water partition coefficient (Wildman–Crippen LogP) is -0.664. The number of urea groups is 1. The fourth-order valence-electron chi connectivity index (χ4n) is 3.04. The molecule has 2 aliphatic rings. The van der Waals surface area contributed by atoms with E-state index in [2.05, 4.69) is 0 Å². The van der Waals surface area contributed by atoms with Gasteiger partial charge in [0, 0.05) is 13.3 Å². The number of amides is 3. The Bertz CT molecular complexity index is 646. The van der Waals surface area contributed by atoms with E-state index >= 15 is 0 Å². The van der Waals surface area contributed by atoms with Crippen molar-refractivity contribution < 1.29 is 48.0 Å². The molecule has 2 unspecified atom stereocenters. The SMILES string of the molecule is CCCCCC(=O)OC[C@H]1O[C@@H](N2C(=O)NC(=O)C(F)C2OC(C)=O)[C@H](O)[C@@H]1O. The molecule has 3 N–H and O–H groups in total. The molecule has 12 heteroatoms. The Morgan fingerprint density at radius 1 is 1.24 bits per heavy atom. The highest BCUT2D eigenvalue weighted by Gasteiger charge is 2.54. The quantitative estimate of drug-likeness (QED) is 0.343. The topological polar surface area (TPSA) is 152 Å². The summed E-state index contributed by atoms with van der Waals surface area (Å²) in [5.74, 6) is -2.81. The molecule has 0 aliphatic carbocycles. The number of imide groups is 1. The molecule has 0 aromatic rings. The maximum absolute atomic E-state index is 14.2. The van der Waals surface area contributed by atoms with Crippen LogP contribution in [0.15, 0.2) is 0 Å². The third kappa shape index (κ3) is 5.40. The maximum Gasteiger partial charge on any atom is 0.329 e. The predicted molar refractivity (Wildman–Crippen MR) is 91.6 cm³/mol. The summed E-state index contributed by atoms with van der Waals surface area (Å²) in [4.78, 5) is 47.2. The van der Waals surface area contributed by atoms with E-state index in [0.717, 1.165) is 19.8 Å². The molecule has 0 saturated carbocycles. The Kier molecular flexibility index (Phi) is 7.88. The molecule has 3 amide bonds. The molecular weight excluding hydrogens is 395 g/mol. The molecule has 0 bridgehead atoms. The summed E-state index contributed by atoms with van der Waals surface area (Å²) in [6.07, 6.45) is -8.01. The number of alkyl halides is 1. The number of ether oxygens (including phenoxy) is 3. The van der Waals surface area contributed by atoms with Crippen molar-refractivity contribution in [2.45, 2.75) is 76.5 Å². The van der Waals surface area contributed by atoms with E-state index in [4.69, 9.17) is 14.2 Å². The molecule has 29 heavy (non-hydrogen) atoms. The first-order chi connectivity index (χ1) is 13.7. The zero-order valence-corrected chi connectivity index (χ0v) is 16.1. The third-order valence-electron chi connectivity index (χ3n) is 4.53. The monoisotopic (exact) mass is 420 g/mol. The van der Waals surface area contributed by atoms with Crippen LogP contribution < -0.4 is 5.32 Å². The second-order valence-electron chi connectivity index (χ2n) is 6.79. The second-order valence-corrected chi connectivity index (χ2v) is 6.79. The van der Waals surface area contributed by atoms with E-state index < -0.39 is 67.4 Å². The molecule has 2 saturated heterocycles. The van der Waals surface area contributed by atoms with Gasteiger partial charge in [-0.3, -0.25) is 24.6 Å². The third-order valence-corrected chi connectivity index (χ3v) is 4.53. The van der Waals surface area contributed by atoms with E-state index in [1.807, 2.05) is 6.92 Å². The van der Waals surface area contributed by atoms with Crippen LogP contribution in [0.25, 0.3) is 0 Å². The number of carbonyl (C=O) groups is 4. The number of unbranched alkanes of at least 4 members (excludes halogenated alkanes) is 2. The zero-order chi connectivity index (χ0) is 21.7. The van der Waals surface area contributed by atoms with Crippen molar-refractivity contribution in [1.82, 2.24) is 10.2 Å². The lowest BCUT2D eigenvalue weighted by Gasteiger charge is -2.39. The minimum atomic E-state index is -2.43. The number of hydrogen-bond donors (Lipinski definition) is 3. The van der Waals surface area contributed by atoms with Gasteiger partial charge >= 0.3 is 18.0 Å². The number of hydrogen-bond acceptors (Lipinski definition) is 9. The highest BCUT2D eigenvalue weighted by atomic mass is 19.1. The van der Waals surface area contributed by atoms with Crippen LogP contribution in [0.2, 0.25) is 0 Å². The summed E-state index contributed by atoms with van der Waals surface area (Å²) in [7, 11) is 0. The van der Waals surface area contributed by atoms with Crippen LogP contribution in [0, 0.1) is 0 Å². The molecule has 2 fully saturated rings. The standard InChI is InChI=1S/C17H25FN2O9/c1-3-4-5-6-10(22)27-7-9-12(23)13(24)16(29-9)20-15(28-8(2)21)11(18)14(25)19-17(20)26/h9,11-13,15-16,23-24H,3-7H2,1-2H3,(H,19,25,26)/t9-,11?,12-,13-,15?,16-/m1/s1. The number of rotatable bonds is 8. The first-order valence-corrected chi connectivity index (χ1v) is 9.29. The highest BCUT2D eigenvalue weighted by molar-refractivity contribution is 5.99. The lowest BCUT2D eigenvalue weighted by Crippen LogP contribution is -2.67. The molecule has 11 nitrogen and oxygen atoms in total. The first kappa shape index (κ1) is 23.0. The Hall–Kier alpha value is -2.31. The minimum Gasteiger partial charge on any atom is -0.463 e. The fourth-order valence-corrected chi connectivity index (χ4v) is 3.04. The van der Waals surface area contributed by atoms with Gasteiger partial charge in [-0.2, -0.15) is 0 Å². The second kappa shape index (κ2) is 9.94. The normalized spacial score (nSPS) is 32.1. The van der Waals surface area contributed by atoms with Gasteiger partial charge in [0.25, 0.3) is 5.91 Å². The molecule has 164 valence electrons. The smallest absolute Gasteiger partial charge is 0.329 e. The number of halogens is 1. The molecule has 2 rings (SSSR count). The van der Waals surface area contributed by atoms with E-state index in [1.165, 1.54) is 0 Å². The van der Waals surface area contributed by atoms with Gasteiger partial charge in [0.05, 0.1) is 0 Å². The molecule has 0 aromatic carbocycles. The van der Waals surface area contributed by atoms with Crippen molar-refractivity contribution in [1.29, 1.82) is 0 Å². The summed E-state index contributed by atoms with van der Waals surface area (Å²) in [6, 6.07) is -1.18. The van der Waals surface area contributed by atoms with Gasteiger partial charge in [0.1, 0.15) is 24.9 Å². The van der Waals surface area contributed by atoms with Gasteiger partial charge in [0.15, 0.2) is 6.23 Å².